The fraction of sp³-hybridized carbons (Fsp3) is 0.938. The monoisotopic (exact) mass is 298 g/mol. The smallest absolute Gasteiger partial charge is 0.237 e. The first-order valence-corrected chi connectivity index (χ1v) is 8.22. The van der Waals surface area contributed by atoms with Gasteiger partial charge in [-0.05, 0) is 17.9 Å². The minimum atomic E-state index is -0.446. The van der Waals surface area contributed by atoms with Crippen LogP contribution in [-0.2, 0) is 4.79 Å². The van der Waals surface area contributed by atoms with E-state index in [1.54, 1.807) is 0 Å². The average Bonchev–Trinajstić information content (AvgIpc) is 2.43. The number of likely N-dealkylation sites (N-methyl/N-ethyl adjacent to an activating group) is 1. The topological polar surface area (TPSA) is 61.6 Å². The number of hydrogen-bond acceptors (Lipinski definition) is 4. The maximum absolute atomic E-state index is 12.0. The number of nitrogens with one attached hydrogen (secondary N) is 1. The van der Waals surface area contributed by atoms with Crippen molar-refractivity contribution < 1.29 is 4.79 Å². The van der Waals surface area contributed by atoms with Crippen LogP contribution in [0.5, 0.6) is 0 Å². The lowest BCUT2D eigenvalue weighted by molar-refractivity contribution is -0.124. The Labute approximate surface area is 130 Å². The predicted molar refractivity (Wildman–Crippen MR) is 88.2 cm³/mol. The molecule has 0 aromatic rings. The summed E-state index contributed by atoms with van der Waals surface area (Å²) in [6.45, 7) is 17.9. The maximum Gasteiger partial charge on any atom is 0.237 e. The molecule has 0 aliphatic carbocycles. The lowest BCUT2D eigenvalue weighted by Crippen LogP contribution is -2.51. The second kappa shape index (κ2) is 8.11. The van der Waals surface area contributed by atoms with Crippen LogP contribution in [0, 0.1) is 11.3 Å². The van der Waals surface area contributed by atoms with Crippen molar-refractivity contribution in [2.24, 2.45) is 17.1 Å². The Morgan fingerprint density at radius 1 is 1.19 bits per heavy atom. The van der Waals surface area contributed by atoms with Crippen LogP contribution >= 0.6 is 0 Å². The fourth-order valence-electron chi connectivity index (χ4n) is 2.57. The van der Waals surface area contributed by atoms with Gasteiger partial charge in [-0.1, -0.05) is 34.6 Å². The third-order valence-electron chi connectivity index (χ3n) is 4.32. The molecule has 5 nitrogen and oxygen atoms in total. The zero-order chi connectivity index (χ0) is 16.0. The van der Waals surface area contributed by atoms with Gasteiger partial charge in [0, 0.05) is 39.3 Å². The van der Waals surface area contributed by atoms with Crippen LogP contribution in [0.3, 0.4) is 0 Å². The third-order valence-corrected chi connectivity index (χ3v) is 4.32. The molecule has 1 amide bonds. The third kappa shape index (κ3) is 6.32. The molecular formula is C16H34N4O. The second-order valence-electron chi connectivity index (χ2n) is 7.43. The van der Waals surface area contributed by atoms with E-state index in [1.807, 2.05) is 20.8 Å². The summed E-state index contributed by atoms with van der Waals surface area (Å²) in [6.07, 6.45) is 0. The van der Waals surface area contributed by atoms with E-state index in [4.69, 9.17) is 5.73 Å². The van der Waals surface area contributed by atoms with Gasteiger partial charge in [-0.25, -0.2) is 0 Å². The highest BCUT2D eigenvalue weighted by Crippen LogP contribution is 2.17. The van der Waals surface area contributed by atoms with Gasteiger partial charge < -0.3 is 20.9 Å². The van der Waals surface area contributed by atoms with E-state index in [0.717, 1.165) is 39.3 Å². The maximum atomic E-state index is 12.0. The molecule has 3 N–H and O–H groups in total. The Morgan fingerprint density at radius 2 is 1.71 bits per heavy atom. The fourth-order valence-corrected chi connectivity index (χ4v) is 2.57. The molecular weight excluding hydrogens is 264 g/mol. The van der Waals surface area contributed by atoms with Crippen LogP contribution in [0.2, 0.25) is 0 Å². The molecule has 1 unspecified atom stereocenters. The quantitative estimate of drug-likeness (QED) is 0.760. The van der Waals surface area contributed by atoms with Crippen LogP contribution < -0.4 is 11.1 Å². The van der Waals surface area contributed by atoms with E-state index in [0.29, 0.717) is 12.5 Å². The second-order valence-corrected chi connectivity index (χ2v) is 7.43. The van der Waals surface area contributed by atoms with Crippen molar-refractivity contribution in [1.29, 1.82) is 0 Å². The molecule has 0 aromatic heterocycles. The predicted octanol–water partition coefficient (Wildman–Crippen LogP) is 0.750. The first-order valence-electron chi connectivity index (χ1n) is 8.22. The lowest BCUT2D eigenvalue weighted by Gasteiger charge is -2.35. The molecule has 1 aliphatic rings. The molecule has 1 fully saturated rings. The van der Waals surface area contributed by atoms with E-state index in [-0.39, 0.29) is 11.3 Å². The van der Waals surface area contributed by atoms with Crippen LogP contribution in [-0.4, -0.2) is 67.6 Å². The van der Waals surface area contributed by atoms with E-state index >= 15 is 0 Å². The summed E-state index contributed by atoms with van der Waals surface area (Å²) >= 11 is 0. The SMILES string of the molecule is CCN1CCN(CC(C)CNC(=O)[C@@H](N)C(C)(C)C)CC1. The van der Waals surface area contributed by atoms with Crippen LogP contribution in [0.1, 0.15) is 34.6 Å². The summed E-state index contributed by atoms with van der Waals surface area (Å²) in [6, 6.07) is -0.446. The normalized spacial score (nSPS) is 21.0. The summed E-state index contributed by atoms with van der Waals surface area (Å²) in [5.74, 6) is 0.416. The highest BCUT2D eigenvalue weighted by molar-refractivity contribution is 5.82. The van der Waals surface area contributed by atoms with Crippen LogP contribution in [0.15, 0.2) is 0 Å². The van der Waals surface area contributed by atoms with Gasteiger partial charge in [-0.2, -0.15) is 0 Å². The Kier molecular flexibility index (Phi) is 7.10. The van der Waals surface area contributed by atoms with Crippen molar-refractivity contribution in [2.75, 3.05) is 45.8 Å². The Morgan fingerprint density at radius 3 is 2.19 bits per heavy atom. The first kappa shape index (κ1) is 18.4. The van der Waals surface area contributed by atoms with E-state index in [1.165, 1.54) is 0 Å². The minimum Gasteiger partial charge on any atom is -0.354 e. The van der Waals surface area contributed by atoms with Crippen molar-refractivity contribution in [3.63, 3.8) is 0 Å². The number of amides is 1. The number of nitrogens with two attached hydrogens (primary N) is 1. The molecule has 0 bridgehead atoms. The number of nitrogens with zero attached hydrogens (tertiary/aromatic N) is 2. The van der Waals surface area contributed by atoms with Crippen molar-refractivity contribution in [2.45, 2.75) is 40.7 Å². The summed E-state index contributed by atoms with van der Waals surface area (Å²) < 4.78 is 0. The van der Waals surface area contributed by atoms with Crippen LogP contribution in [0.4, 0.5) is 0 Å². The van der Waals surface area contributed by atoms with Gasteiger partial charge in [0.05, 0.1) is 6.04 Å². The Bertz CT molecular complexity index is 319. The molecule has 1 saturated heterocycles. The zero-order valence-electron chi connectivity index (χ0n) is 14.5. The number of piperazine rings is 1. The highest BCUT2D eigenvalue weighted by Gasteiger charge is 2.27. The van der Waals surface area contributed by atoms with Crippen molar-refractivity contribution in [3.8, 4) is 0 Å². The van der Waals surface area contributed by atoms with Crippen molar-refractivity contribution >= 4 is 5.91 Å². The van der Waals surface area contributed by atoms with Gasteiger partial charge in [0.2, 0.25) is 5.91 Å². The molecule has 0 saturated carbocycles. The number of carbonyl (C=O) groups excluding carboxylic acids is 1. The van der Waals surface area contributed by atoms with Crippen molar-refractivity contribution in [3.05, 3.63) is 0 Å². The molecule has 1 heterocycles. The molecule has 2 atom stereocenters. The first-order chi connectivity index (χ1) is 9.74. The zero-order valence-corrected chi connectivity index (χ0v) is 14.5. The largest absolute Gasteiger partial charge is 0.354 e. The number of rotatable bonds is 6. The number of carbonyl (C=O) groups is 1. The molecule has 0 radical (unpaired) electrons. The van der Waals surface area contributed by atoms with Gasteiger partial charge in [-0.3, -0.25) is 4.79 Å². The van der Waals surface area contributed by atoms with Crippen molar-refractivity contribution in [1.82, 2.24) is 15.1 Å². The molecule has 1 rings (SSSR count). The Balaban J connectivity index is 2.25. The standard InChI is InChI=1S/C16H34N4O/c1-6-19-7-9-20(10-8-19)12-13(2)11-18-15(21)14(17)16(3,4)5/h13-14H,6-12,17H2,1-5H3,(H,18,21)/t13?,14-/m1/s1. The van der Waals surface area contributed by atoms with Gasteiger partial charge in [0.1, 0.15) is 0 Å². The number of hydrogen-bond donors (Lipinski definition) is 2. The Hall–Kier alpha value is -0.650. The van der Waals surface area contributed by atoms with Gasteiger partial charge in [0.15, 0.2) is 0 Å². The van der Waals surface area contributed by atoms with E-state index < -0.39 is 6.04 Å². The highest BCUT2D eigenvalue weighted by atomic mass is 16.2. The van der Waals surface area contributed by atoms with E-state index in [2.05, 4.69) is 29.0 Å². The lowest BCUT2D eigenvalue weighted by atomic mass is 9.87. The molecule has 1 aliphatic heterocycles. The molecule has 21 heavy (non-hydrogen) atoms. The summed E-state index contributed by atoms with van der Waals surface area (Å²) in [5, 5.41) is 3.00. The minimum absolute atomic E-state index is 0.0369. The average molecular weight is 298 g/mol. The summed E-state index contributed by atoms with van der Waals surface area (Å²) in [4.78, 5) is 17.0. The molecule has 0 aromatic carbocycles. The van der Waals surface area contributed by atoms with Gasteiger partial charge >= 0.3 is 0 Å². The van der Waals surface area contributed by atoms with Crippen LogP contribution in [0.25, 0.3) is 0 Å². The summed E-state index contributed by atoms with van der Waals surface area (Å²) in [7, 11) is 0. The van der Waals surface area contributed by atoms with E-state index in [9.17, 15) is 4.79 Å². The van der Waals surface area contributed by atoms with Gasteiger partial charge in [0.25, 0.3) is 0 Å². The summed E-state index contributed by atoms with van der Waals surface area (Å²) in [5.41, 5.74) is 5.78. The molecule has 5 heteroatoms. The molecule has 0 spiro atoms. The van der Waals surface area contributed by atoms with Gasteiger partial charge in [-0.15, -0.1) is 0 Å². The molecule has 124 valence electrons.